The monoisotopic (exact) mass is 208 g/mol. The van der Waals surface area contributed by atoms with Gasteiger partial charge < -0.3 is 5.73 Å². The number of aryl methyl sites for hydroxylation is 2. The molecule has 0 unspecified atom stereocenters. The molecule has 3 N–H and O–H groups in total. The second-order valence-electron chi connectivity index (χ2n) is 3.85. The second kappa shape index (κ2) is 4.96. The Morgan fingerprint density at radius 3 is 2.60 bits per heavy atom. The largest absolute Gasteiger partial charge is 0.388 e. The Bertz CT molecular complexity index is 352. The van der Waals surface area contributed by atoms with Gasteiger partial charge in [-0.25, -0.2) is 0 Å². The van der Waals surface area contributed by atoms with Gasteiger partial charge in [-0.3, -0.25) is 10.1 Å². The molecule has 84 valence electrons. The van der Waals surface area contributed by atoms with Crippen molar-refractivity contribution in [2.75, 3.05) is 0 Å². The van der Waals surface area contributed by atoms with Crippen LogP contribution in [0.25, 0.3) is 0 Å². The van der Waals surface area contributed by atoms with Crippen LogP contribution in [0.1, 0.15) is 36.7 Å². The maximum absolute atomic E-state index is 7.15. The van der Waals surface area contributed by atoms with Crippen LogP contribution in [-0.2, 0) is 13.0 Å². The van der Waals surface area contributed by atoms with Crippen LogP contribution in [0.2, 0.25) is 0 Å². The molecule has 0 radical (unpaired) electrons. The van der Waals surface area contributed by atoms with Gasteiger partial charge in [0.1, 0.15) is 0 Å². The van der Waals surface area contributed by atoms with Crippen LogP contribution < -0.4 is 5.73 Å². The van der Waals surface area contributed by atoms with Gasteiger partial charge in [-0.2, -0.15) is 5.10 Å². The standard InChI is InChI=1S/C11H20N4/c1-4-10-8(2)14-15(9(10)3)7-5-6-11(12)13/h4-7H2,1-3H3,(H3,12,13). The Morgan fingerprint density at radius 1 is 1.47 bits per heavy atom. The minimum absolute atomic E-state index is 0.257. The summed E-state index contributed by atoms with van der Waals surface area (Å²) in [6.45, 7) is 7.16. The van der Waals surface area contributed by atoms with Gasteiger partial charge in [-0.15, -0.1) is 0 Å². The Morgan fingerprint density at radius 2 is 2.13 bits per heavy atom. The Balaban J connectivity index is 2.65. The summed E-state index contributed by atoms with van der Waals surface area (Å²) in [4.78, 5) is 0. The average Bonchev–Trinajstić information content (AvgIpc) is 2.41. The topological polar surface area (TPSA) is 67.7 Å². The molecule has 15 heavy (non-hydrogen) atoms. The van der Waals surface area contributed by atoms with E-state index in [1.807, 2.05) is 11.6 Å². The van der Waals surface area contributed by atoms with Crippen LogP contribution in [0.5, 0.6) is 0 Å². The summed E-state index contributed by atoms with van der Waals surface area (Å²) in [7, 11) is 0. The van der Waals surface area contributed by atoms with Gasteiger partial charge in [0.15, 0.2) is 0 Å². The molecule has 0 fully saturated rings. The van der Waals surface area contributed by atoms with Crippen molar-refractivity contribution in [2.24, 2.45) is 5.73 Å². The fourth-order valence-electron chi connectivity index (χ4n) is 1.88. The SMILES string of the molecule is CCc1c(C)nn(CCCC(=N)N)c1C. The minimum Gasteiger partial charge on any atom is -0.388 e. The molecule has 1 rings (SSSR count). The number of hydrogen-bond donors (Lipinski definition) is 2. The van der Waals surface area contributed by atoms with E-state index in [2.05, 4.69) is 18.9 Å². The van der Waals surface area contributed by atoms with E-state index in [0.29, 0.717) is 6.42 Å². The van der Waals surface area contributed by atoms with Gasteiger partial charge in [0.2, 0.25) is 0 Å². The van der Waals surface area contributed by atoms with Crippen molar-refractivity contribution >= 4 is 5.84 Å². The van der Waals surface area contributed by atoms with Crippen molar-refractivity contribution in [3.63, 3.8) is 0 Å². The van der Waals surface area contributed by atoms with Crippen LogP contribution in [-0.4, -0.2) is 15.6 Å². The maximum Gasteiger partial charge on any atom is 0.0905 e. The highest BCUT2D eigenvalue weighted by atomic mass is 15.3. The molecular weight excluding hydrogens is 188 g/mol. The average molecular weight is 208 g/mol. The van der Waals surface area contributed by atoms with Crippen LogP contribution >= 0.6 is 0 Å². The molecule has 0 spiro atoms. The van der Waals surface area contributed by atoms with Crippen LogP contribution in [0, 0.1) is 19.3 Å². The van der Waals surface area contributed by atoms with Crippen molar-refractivity contribution in [3.8, 4) is 0 Å². The molecule has 0 saturated carbocycles. The number of amidine groups is 1. The molecule has 0 bridgehead atoms. The van der Waals surface area contributed by atoms with Gasteiger partial charge in [0.05, 0.1) is 11.5 Å². The molecule has 4 nitrogen and oxygen atoms in total. The highest BCUT2D eigenvalue weighted by Gasteiger charge is 2.08. The first kappa shape index (κ1) is 11.8. The van der Waals surface area contributed by atoms with E-state index in [1.165, 1.54) is 11.3 Å². The Kier molecular flexibility index (Phi) is 3.88. The zero-order valence-electron chi connectivity index (χ0n) is 9.80. The normalized spacial score (nSPS) is 10.6. The molecule has 1 heterocycles. The van der Waals surface area contributed by atoms with Gasteiger partial charge in [0, 0.05) is 18.7 Å². The number of nitrogens with zero attached hydrogens (tertiary/aromatic N) is 2. The molecule has 0 atom stereocenters. The number of hydrogen-bond acceptors (Lipinski definition) is 2. The van der Waals surface area contributed by atoms with E-state index in [4.69, 9.17) is 11.1 Å². The first-order valence-electron chi connectivity index (χ1n) is 5.42. The van der Waals surface area contributed by atoms with Crippen LogP contribution in [0.4, 0.5) is 0 Å². The fourth-order valence-corrected chi connectivity index (χ4v) is 1.88. The van der Waals surface area contributed by atoms with Crippen molar-refractivity contribution in [2.45, 2.75) is 46.6 Å². The third-order valence-corrected chi connectivity index (χ3v) is 2.70. The maximum atomic E-state index is 7.15. The molecular formula is C11H20N4. The highest BCUT2D eigenvalue weighted by molar-refractivity contribution is 5.76. The van der Waals surface area contributed by atoms with Gasteiger partial charge >= 0.3 is 0 Å². The number of nitrogens with two attached hydrogens (primary N) is 1. The summed E-state index contributed by atoms with van der Waals surface area (Å²) >= 11 is 0. The fraction of sp³-hybridized carbons (Fsp3) is 0.636. The first-order valence-corrected chi connectivity index (χ1v) is 5.42. The Labute approximate surface area is 91.0 Å². The predicted octanol–water partition coefficient (Wildman–Crippen LogP) is 1.78. The molecule has 1 aromatic rings. The molecule has 0 saturated heterocycles. The van der Waals surface area contributed by atoms with Crippen molar-refractivity contribution in [3.05, 3.63) is 17.0 Å². The summed E-state index contributed by atoms with van der Waals surface area (Å²) < 4.78 is 2.02. The van der Waals surface area contributed by atoms with Crippen LogP contribution in [0.3, 0.4) is 0 Å². The molecule has 0 aliphatic carbocycles. The van der Waals surface area contributed by atoms with Crippen molar-refractivity contribution in [1.82, 2.24) is 9.78 Å². The number of nitrogens with one attached hydrogen (secondary N) is 1. The molecule has 1 aromatic heterocycles. The third kappa shape index (κ3) is 2.81. The minimum atomic E-state index is 0.257. The highest BCUT2D eigenvalue weighted by Crippen LogP contribution is 2.13. The van der Waals surface area contributed by atoms with Crippen molar-refractivity contribution in [1.29, 1.82) is 5.41 Å². The Hall–Kier alpha value is -1.32. The number of rotatable bonds is 5. The zero-order valence-corrected chi connectivity index (χ0v) is 9.80. The van der Waals surface area contributed by atoms with Crippen molar-refractivity contribution < 1.29 is 0 Å². The lowest BCUT2D eigenvalue weighted by Gasteiger charge is -2.04. The summed E-state index contributed by atoms with van der Waals surface area (Å²) in [5.41, 5.74) is 9.03. The molecule has 4 heteroatoms. The van der Waals surface area contributed by atoms with Gasteiger partial charge in [-0.1, -0.05) is 6.92 Å². The molecule has 0 aromatic carbocycles. The second-order valence-corrected chi connectivity index (χ2v) is 3.85. The molecule has 0 amide bonds. The van der Waals surface area contributed by atoms with E-state index in [1.54, 1.807) is 0 Å². The van der Waals surface area contributed by atoms with E-state index < -0.39 is 0 Å². The lowest BCUT2D eigenvalue weighted by Crippen LogP contribution is -2.11. The van der Waals surface area contributed by atoms with E-state index in [-0.39, 0.29) is 5.84 Å². The summed E-state index contributed by atoms with van der Waals surface area (Å²) in [5.74, 6) is 0.257. The van der Waals surface area contributed by atoms with E-state index in [0.717, 1.165) is 25.1 Å². The van der Waals surface area contributed by atoms with E-state index in [9.17, 15) is 0 Å². The summed E-state index contributed by atoms with van der Waals surface area (Å²) in [6.07, 6.45) is 2.57. The van der Waals surface area contributed by atoms with Gasteiger partial charge in [0.25, 0.3) is 0 Å². The quantitative estimate of drug-likeness (QED) is 0.572. The molecule has 0 aliphatic rings. The smallest absolute Gasteiger partial charge is 0.0905 e. The predicted molar refractivity (Wildman–Crippen MR) is 62.2 cm³/mol. The lowest BCUT2D eigenvalue weighted by atomic mass is 10.1. The summed E-state index contributed by atoms with van der Waals surface area (Å²) in [6, 6.07) is 0. The number of aromatic nitrogens is 2. The zero-order chi connectivity index (χ0) is 11.4. The van der Waals surface area contributed by atoms with Crippen LogP contribution in [0.15, 0.2) is 0 Å². The first-order chi connectivity index (χ1) is 7.06. The molecule has 0 aliphatic heterocycles. The van der Waals surface area contributed by atoms with E-state index >= 15 is 0 Å². The third-order valence-electron chi connectivity index (χ3n) is 2.70. The lowest BCUT2D eigenvalue weighted by molar-refractivity contribution is 0.570. The summed E-state index contributed by atoms with van der Waals surface area (Å²) in [5, 5.41) is 11.6. The van der Waals surface area contributed by atoms with Gasteiger partial charge in [-0.05, 0) is 32.3 Å².